The Hall–Kier alpha value is -5.70. The Morgan fingerprint density at radius 1 is 0.491 bits per heavy atom. The second-order valence-electron chi connectivity index (χ2n) is 16.1. The van der Waals surface area contributed by atoms with Gasteiger partial charge in [-0.1, -0.05) is 162 Å². The van der Waals surface area contributed by atoms with Crippen LogP contribution in [0.1, 0.15) is 51.3 Å². The third-order valence-electron chi connectivity index (χ3n) is 11.6. The standard InChI is InChI=1S/C51H41NS/c1-50(2,3)42-28-30-45(37-19-9-8-17-35(37)42)52(33-26-27-44-41(31-33)36-18-10-12-23-43(36)51(44,4)5)46-29-25-32-15-6-7-16-34(32)48(46)40-22-14-21-39-38-20-11-13-24-47(38)53-49(39)40/h6-31H,1-5H3. The Labute approximate surface area is 315 Å². The molecule has 53 heavy (non-hydrogen) atoms. The largest absolute Gasteiger partial charge is 0.309 e. The Balaban J connectivity index is 1.33. The molecule has 8 aromatic carbocycles. The average molecular weight is 700 g/mol. The van der Waals surface area contributed by atoms with Gasteiger partial charge in [0.05, 0.1) is 11.4 Å². The molecule has 0 radical (unpaired) electrons. The van der Waals surface area contributed by atoms with Gasteiger partial charge in [0.25, 0.3) is 0 Å². The van der Waals surface area contributed by atoms with Crippen LogP contribution in [0.5, 0.6) is 0 Å². The van der Waals surface area contributed by atoms with Gasteiger partial charge in [0.15, 0.2) is 0 Å². The van der Waals surface area contributed by atoms with Crippen LogP contribution in [-0.4, -0.2) is 0 Å². The molecule has 0 bridgehead atoms. The van der Waals surface area contributed by atoms with Crippen molar-refractivity contribution in [2.45, 2.75) is 45.4 Å². The monoisotopic (exact) mass is 699 g/mol. The Bertz CT molecular complexity index is 2920. The second kappa shape index (κ2) is 11.7. The minimum atomic E-state index is -0.0682. The molecule has 0 atom stereocenters. The predicted molar refractivity (Wildman–Crippen MR) is 231 cm³/mol. The highest BCUT2D eigenvalue weighted by atomic mass is 32.1. The first-order valence-electron chi connectivity index (χ1n) is 18.7. The molecule has 256 valence electrons. The van der Waals surface area contributed by atoms with Crippen molar-refractivity contribution in [2.75, 3.05) is 4.90 Å². The number of hydrogen-bond acceptors (Lipinski definition) is 2. The van der Waals surface area contributed by atoms with Gasteiger partial charge in [-0.25, -0.2) is 0 Å². The van der Waals surface area contributed by atoms with Gasteiger partial charge < -0.3 is 4.90 Å². The fraction of sp³-hybridized carbons (Fsp3) is 0.137. The molecule has 1 aliphatic rings. The van der Waals surface area contributed by atoms with Crippen LogP contribution >= 0.6 is 11.3 Å². The summed E-state index contributed by atoms with van der Waals surface area (Å²) in [5, 5.41) is 7.66. The van der Waals surface area contributed by atoms with Crippen LogP contribution in [0, 0.1) is 0 Å². The fourth-order valence-corrected chi connectivity index (χ4v) is 10.3. The van der Waals surface area contributed by atoms with Gasteiger partial charge in [0.1, 0.15) is 0 Å². The molecule has 0 amide bonds. The van der Waals surface area contributed by atoms with E-state index in [-0.39, 0.29) is 10.8 Å². The lowest BCUT2D eigenvalue weighted by atomic mass is 9.82. The number of hydrogen-bond donors (Lipinski definition) is 0. The summed E-state index contributed by atoms with van der Waals surface area (Å²) >= 11 is 1.90. The number of thiophene rings is 1. The van der Waals surface area contributed by atoms with Gasteiger partial charge in [-0.2, -0.15) is 0 Å². The lowest BCUT2D eigenvalue weighted by Gasteiger charge is -2.32. The van der Waals surface area contributed by atoms with Crippen LogP contribution in [0.25, 0.3) is 64.0 Å². The summed E-state index contributed by atoms with van der Waals surface area (Å²) in [6, 6.07) is 59.2. The molecule has 0 aliphatic heterocycles. The number of benzene rings is 8. The van der Waals surface area contributed by atoms with Crippen molar-refractivity contribution >= 4 is 70.1 Å². The minimum absolute atomic E-state index is 0.00322. The summed E-state index contributed by atoms with van der Waals surface area (Å²) in [5.41, 5.74) is 12.7. The molecule has 9 aromatic rings. The summed E-state index contributed by atoms with van der Waals surface area (Å²) in [7, 11) is 0. The van der Waals surface area contributed by atoms with Crippen molar-refractivity contribution in [2.24, 2.45) is 0 Å². The number of nitrogens with zero attached hydrogens (tertiary/aromatic N) is 1. The van der Waals surface area contributed by atoms with Gasteiger partial charge in [-0.15, -0.1) is 11.3 Å². The normalized spacial score (nSPS) is 13.5. The third kappa shape index (κ3) is 4.82. The third-order valence-corrected chi connectivity index (χ3v) is 12.8. The van der Waals surface area contributed by atoms with E-state index in [4.69, 9.17) is 0 Å². The van der Waals surface area contributed by atoms with Gasteiger partial charge in [0.2, 0.25) is 0 Å². The van der Waals surface area contributed by atoms with Crippen molar-refractivity contribution in [3.05, 3.63) is 174 Å². The number of anilines is 3. The van der Waals surface area contributed by atoms with E-state index in [1.807, 2.05) is 11.3 Å². The summed E-state index contributed by atoms with van der Waals surface area (Å²) in [5.74, 6) is 0. The Morgan fingerprint density at radius 2 is 1.13 bits per heavy atom. The van der Waals surface area contributed by atoms with Gasteiger partial charge in [-0.3, -0.25) is 0 Å². The highest BCUT2D eigenvalue weighted by Crippen LogP contribution is 2.53. The molecule has 0 unspecified atom stereocenters. The maximum absolute atomic E-state index is 2.55. The zero-order valence-corrected chi connectivity index (χ0v) is 31.7. The number of rotatable bonds is 4. The maximum Gasteiger partial charge on any atom is 0.0547 e. The first-order chi connectivity index (χ1) is 25.7. The van der Waals surface area contributed by atoms with Crippen molar-refractivity contribution in [3.63, 3.8) is 0 Å². The van der Waals surface area contributed by atoms with Gasteiger partial charge in [-0.05, 0) is 79.7 Å². The van der Waals surface area contributed by atoms with Crippen LogP contribution in [0.3, 0.4) is 0 Å². The molecule has 0 saturated carbocycles. The van der Waals surface area contributed by atoms with Gasteiger partial charge in [0, 0.05) is 47.8 Å². The van der Waals surface area contributed by atoms with E-state index in [9.17, 15) is 0 Å². The Morgan fingerprint density at radius 3 is 1.96 bits per heavy atom. The summed E-state index contributed by atoms with van der Waals surface area (Å²) in [6.07, 6.45) is 0. The van der Waals surface area contributed by atoms with E-state index >= 15 is 0 Å². The van der Waals surface area contributed by atoms with E-state index in [2.05, 4.69) is 197 Å². The van der Waals surface area contributed by atoms with Crippen molar-refractivity contribution in [3.8, 4) is 22.3 Å². The van der Waals surface area contributed by atoms with E-state index in [1.165, 1.54) is 92.0 Å². The summed E-state index contributed by atoms with van der Waals surface area (Å²) in [6.45, 7) is 11.7. The fourth-order valence-electron chi connectivity index (χ4n) is 9.06. The van der Waals surface area contributed by atoms with Crippen LogP contribution < -0.4 is 4.90 Å². The molecule has 1 aliphatic carbocycles. The van der Waals surface area contributed by atoms with E-state index < -0.39 is 0 Å². The van der Waals surface area contributed by atoms with Crippen LogP contribution in [0.15, 0.2) is 158 Å². The topological polar surface area (TPSA) is 3.24 Å². The average Bonchev–Trinajstić information content (AvgIpc) is 3.66. The molecule has 0 spiro atoms. The zero-order valence-electron chi connectivity index (χ0n) is 30.9. The molecule has 0 N–H and O–H groups in total. The smallest absolute Gasteiger partial charge is 0.0547 e. The lowest BCUT2D eigenvalue weighted by molar-refractivity contribution is 0.596. The SMILES string of the molecule is CC(C)(C)c1ccc(N(c2ccc3c(c2)-c2ccccc2C3(C)C)c2ccc3ccccc3c2-c2cccc3c2sc2ccccc23)c2ccccc12. The summed E-state index contributed by atoms with van der Waals surface area (Å²) < 4.78 is 2.64. The van der Waals surface area contributed by atoms with Crippen LogP contribution in [0.4, 0.5) is 17.1 Å². The van der Waals surface area contributed by atoms with E-state index in [1.54, 1.807) is 0 Å². The van der Waals surface area contributed by atoms with E-state index in [0.717, 1.165) is 5.69 Å². The van der Waals surface area contributed by atoms with Crippen molar-refractivity contribution in [1.29, 1.82) is 0 Å². The molecule has 10 rings (SSSR count). The lowest BCUT2D eigenvalue weighted by Crippen LogP contribution is -2.16. The first kappa shape index (κ1) is 32.0. The van der Waals surface area contributed by atoms with Crippen molar-refractivity contribution in [1.82, 2.24) is 0 Å². The predicted octanol–water partition coefficient (Wildman–Crippen LogP) is 15.1. The molecular weight excluding hydrogens is 659 g/mol. The highest BCUT2D eigenvalue weighted by molar-refractivity contribution is 7.26. The van der Waals surface area contributed by atoms with Crippen molar-refractivity contribution < 1.29 is 0 Å². The Kier molecular flexibility index (Phi) is 7.03. The molecular formula is C51H41NS. The molecule has 1 heterocycles. The van der Waals surface area contributed by atoms with Gasteiger partial charge >= 0.3 is 0 Å². The maximum atomic E-state index is 2.55. The molecule has 1 aromatic heterocycles. The van der Waals surface area contributed by atoms with Crippen LogP contribution in [0.2, 0.25) is 0 Å². The molecule has 0 saturated heterocycles. The summed E-state index contributed by atoms with van der Waals surface area (Å²) in [4.78, 5) is 2.55. The minimum Gasteiger partial charge on any atom is -0.309 e. The highest BCUT2D eigenvalue weighted by Gasteiger charge is 2.36. The molecule has 0 fully saturated rings. The molecule has 2 heteroatoms. The second-order valence-corrected chi connectivity index (χ2v) is 17.2. The van der Waals surface area contributed by atoms with Crippen LogP contribution in [-0.2, 0) is 10.8 Å². The first-order valence-corrected chi connectivity index (χ1v) is 19.5. The quantitative estimate of drug-likeness (QED) is 0.177. The molecule has 1 nitrogen and oxygen atoms in total. The zero-order chi connectivity index (χ0) is 36.1. The number of fused-ring (bicyclic) bond motifs is 8. The van der Waals surface area contributed by atoms with E-state index in [0.29, 0.717) is 0 Å².